The molecule has 0 atom stereocenters. The second-order valence-corrected chi connectivity index (χ2v) is 56.4. The summed E-state index contributed by atoms with van der Waals surface area (Å²) in [5, 5.41) is 0. The van der Waals surface area contributed by atoms with E-state index in [9.17, 15) is 0 Å². The molecule has 0 radical (unpaired) electrons. The van der Waals surface area contributed by atoms with Crippen molar-refractivity contribution >= 4 is 11.1 Å². The number of ether oxygens (including phenoxy) is 10. The van der Waals surface area contributed by atoms with Gasteiger partial charge in [0.05, 0.1) is 56.9 Å². The fourth-order valence-corrected chi connectivity index (χ4v) is 23.0. The van der Waals surface area contributed by atoms with Crippen molar-refractivity contribution in [2.75, 3.05) is 56.9 Å². The molecule has 10 heteroatoms. The van der Waals surface area contributed by atoms with Crippen LogP contribution < -0.4 is 47.4 Å². The Bertz CT molecular complexity index is 6480. The van der Waals surface area contributed by atoms with Crippen molar-refractivity contribution in [1.29, 1.82) is 0 Å². The molecule has 10 nitrogen and oxygen atoms in total. The Kier molecular flexibility index (Phi) is 29.2. The predicted octanol–water partition coefficient (Wildman–Crippen LogP) is 35.1. The topological polar surface area (TPSA) is 92.3 Å². The van der Waals surface area contributed by atoms with E-state index in [4.69, 9.17) is 47.4 Å². The average molecular weight is 2020 g/mol. The van der Waals surface area contributed by atoms with Crippen LogP contribution in [0.1, 0.15) is 450 Å². The van der Waals surface area contributed by atoms with Gasteiger partial charge >= 0.3 is 0 Å². The molecule has 4 aliphatic rings. The van der Waals surface area contributed by atoms with E-state index >= 15 is 0 Å². The van der Waals surface area contributed by atoms with Gasteiger partial charge in [-0.3, -0.25) is 0 Å². The Balaban J connectivity index is 1.14. The summed E-state index contributed by atoms with van der Waals surface area (Å²) in [7, 11) is 14.9. The van der Waals surface area contributed by atoms with Crippen LogP contribution in [-0.2, 0) is 129 Å². The maximum atomic E-state index is 8.64. The van der Waals surface area contributed by atoms with E-state index in [1.807, 2.05) is 56.9 Å². The van der Waals surface area contributed by atoms with E-state index in [2.05, 4.69) is 395 Å². The molecule has 0 spiro atoms. The van der Waals surface area contributed by atoms with Gasteiger partial charge in [0.2, 0.25) is 0 Å². The third-order valence-corrected chi connectivity index (χ3v) is 32.2. The monoisotopic (exact) mass is 2020 g/mol. The van der Waals surface area contributed by atoms with E-state index in [0.717, 1.165) is 236 Å². The third-order valence-electron chi connectivity index (χ3n) is 32.2. The van der Waals surface area contributed by atoms with Crippen molar-refractivity contribution in [1.82, 2.24) is 0 Å². The molecule has 0 unspecified atom stereocenters. The van der Waals surface area contributed by atoms with Crippen molar-refractivity contribution in [2.45, 2.75) is 378 Å². The van der Waals surface area contributed by atoms with Crippen LogP contribution in [0, 0.1) is 0 Å². The van der Waals surface area contributed by atoms with E-state index in [0.29, 0.717) is 64.2 Å². The highest BCUT2D eigenvalue weighted by atomic mass is 16.5. The Morgan fingerprint density at radius 3 is 0.313 bits per heavy atom. The smallest absolute Gasteiger partial charge is 0.138 e. The molecule has 0 aromatic heterocycles. The molecular formula is C140H176O10. The van der Waals surface area contributed by atoms with Crippen LogP contribution in [0.15, 0.2) is 146 Å². The molecule has 0 saturated carbocycles. The quantitative estimate of drug-likeness (QED) is 0.146. The van der Waals surface area contributed by atoms with Gasteiger partial charge in [0.1, 0.15) is 69.0 Å². The molecule has 20 bridgehead atoms. The van der Waals surface area contributed by atoms with E-state index in [-0.39, 0.29) is 43.3 Å². The van der Waals surface area contributed by atoms with Crippen molar-refractivity contribution in [3.63, 3.8) is 0 Å². The molecule has 12 aromatic carbocycles. The molecule has 4 aliphatic heterocycles. The number of rotatable bonds is 8. The first-order valence-electron chi connectivity index (χ1n) is 54.9. The van der Waals surface area contributed by atoms with Crippen molar-refractivity contribution in [3.05, 3.63) is 346 Å². The van der Waals surface area contributed by atoms with Gasteiger partial charge in [0.25, 0.3) is 0 Å². The Labute approximate surface area is 902 Å². The Morgan fingerprint density at radius 1 is 0.133 bits per heavy atom. The second-order valence-electron chi connectivity index (χ2n) is 56.4. The Morgan fingerprint density at radius 2 is 0.220 bits per heavy atom. The van der Waals surface area contributed by atoms with E-state index < -0.39 is 21.7 Å². The van der Waals surface area contributed by atoms with Crippen molar-refractivity contribution in [2.24, 2.45) is 0 Å². The third kappa shape index (κ3) is 22.1. The lowest BCUT2D eigenvalue weighted by Crippen LogP contribution is -2.20. The lowest BCUT2D eigenvalue weighted by molar-refractivity contribution is 0.396. The van der Waals surface area contributed by atoms with Crippen molar-refractivity contribution < 1.29 is 47.4 Å². The minimum absolute atomic E-state index is 0.249. The average Bonchev–Trinajstić information content (AvgIpc) is 0.700. The van der Waals surface area contributed by atoms with Crippen LogP contribution >= 0.6 is 0 Å². The van der Waals surface area contributed by atoms with Crippen LogP contribution in [-0.4, -0.2) is 56.9 Å². The number of benzene rings is 12. The highest BCUT2D eigenvalue weighted by molar-refractivity contribution is 6.11. The van der Waals surface area contributed by atoms with Gasteiger partial charge in [-0.2, -0.15) is 0 Å². The molecule has 0 saturated heterocycles. The molecule has 0 fully saturated rings. The SMILES string of the molecule is COc1c2cc(C(C)(C)C)cc1Cc1cc(C(C)(C)C)cc(c1OC)Cc1cc(C(C)(C)C)cc3c1Oc1c(cc(C(C)(C)C)cc1C3=C1c3cc(C(C)(C)C)cc4c3Oc3c(cc(C(C)(C)C)cc31)Cc1cc(C(C)(C)C)cc(c1OC)Cc1cc(C(C)(C)C)cc(c1OC)Cc1cc(C(C)(C)C)cc(c1OC)Cc1cc(C(C)(C)C)cc(c1OC)C4)Cc1cc(C(C)(C)C)cc(c1OC)Cc1cc(C(C)(C)C)cc(c1OC)C2. The fourth-order valence-electron chi connectivity index (χ4n) is 23.0. The van der Waals surface area contributed by atoms with E-state index in [1.165, 1.54) is 44.5 Å². The first-order chi connectivity index (χ1) is 69.4. The highest BCUT2D eigenvalue weighted by Crippen LogP contribution is 2.61. The summed E-state index contributed by atoms with van der Waals surface area (Å²) in [6, 6.07) is 58.6. The second kappa shape index (κ2) is 39.5. The maximum absolute atomic E-state index is 8.64. The van der Waals surface area contributed by atoms with Gasteiger partial charge < -0.3 is 47.4 Å². The predicted molar refractivity (Wildman–Crippen MR) is 627 cm³/mol. The molecule has 0 aliphatic carbocycles. The molecule has 150 heavy (non-hydrogen) atoms. The fraction of sp³-hybridized carbons (Fsp3) is 0.471. The van der Waals surface area contributed by atoms with Crippen LogP contribution in [0.5, 0.6) is 69.0 Å². The normalized spacial score (nSPS) is 14.5. The minimum atomic E-state index is -0.424. The molecule has 796 valence electrons. The zero-order chi connectivity index (χ0) is 110. The first-order valence-corrected chi connectivity index (χ1v) is 54.9. The summed E-state index contributed by atoms with van der Waals surface area (Å²) in [4.78, 5) is 0. The van der Waals surface area contributed by atoms with Gasteiger partial charge in [-0.1, -0.05) is 371 Å². The minimum Gasteiger partial charge on any atom is -0.496 e. The maximum Gasteiger partial charge on any atom is 0.138 e. The van der Waals surface area contributed by atoms with Gasteiger partial charge in [0, 0.05) is 120 Å². The Hall–Kier alpha value is -11.6. The highest BCUT2D eigenvalue weighted by Gasteiger charge is 2.43. The largest absolute Gasteiger partial charge is 0.496 e. The van der Waals surface area contributed by atoms with Gasteiger partial charge in [-0.05, 0) is 245 Å². The van der Waals surface area contributed by atoms with Gasteiger partial charge in [-0.15, -0.1) is 0 Å². The van der Waals surface area contributed by atoms with Crippen LogP contribution in [0.25, 0.3) is 11.1 Å². The molecule has 16 rings (SSSR count). The number of hydrogen-bond acceptors (Lipinski definition) is 10. The molecule has 12 aromatic rings. The summed E-state index contributed by atoms with van der Waals surface area (Å²) in [6.45, 7) is 84.6. The van der Waals surface area contributed by atoms with Crippen LogP contribution in [0.3, 0.4) is 0 Å². The summed E-state index contributed by atoms with van der Waals surface area (Å²) in [6.07, 6.45) is 4.94. The standard InChI is InChI=1S/C140H176O10/c1-129(2,3)99-55-79-45-80-56-100(130(4,5)6)60-84(118(80)142-38)48-88-64-104(134(16,17)18)68-92(122(88)146-42)52-96-72-108(138(28,29)30)76-112-115(111-75-107(137(25,26)27)71-95(125(111)149-126(96)112)51-91-67-103(133(13,14)15)63-87(121(91)145-41)47-83(59-99)117(79)141-37)116-113-77-109(139(31,32)33)73-97-53-93-69-105(135(19,20)21)65-89(123(93)147-43)49-85-61-101(131(7,8)9)57-81(119(85)143-39)46-82-58-102(132(10,11)12)62-86(120(82)144-40)50-90-66-106(136(22,23)24)70-94(124(90)148-44)54-98-74-110(140(34,35)36)78-114(116)128(98)150-127(97)113/h55-78H,45-54H2,1-44H3. The zero-order valence-corrected chi connectivity index (χ0v) is 100. The lowest BCUT2D eigenvalue weighted by Gasteiger charge is -2.37. The molecule has 0 N–H and O–H groups in total. The van der Waals surface area contributed by atoms with Crippen molar-refractivity contribution in [3.8, 4) is 69.0 Å². The summed E-state index contributed by atoms with van der Waals surface area (Å²) in [5.74, 6) is 9.84. The summed E-state index contributed by atoms with van der Waals surface area (Å²) in [5.41, 5.74) is 37.7. The summed E-state index contributed by atoms with van der Waals surface area (Å²) < 4.78 is 73.8. The van der Waals surface area contributed by atoms with E-state index in [1.54, 1.807) is 0 Å². The number of methoxy groups -OCH3 is 8. The first kappa shape index (κ1) is 111. The molecule has 0 amide bonds. The summed E-state index contributed by atoms with van der Waals surface area (Å²) >= 11 is 0. The molecule has 4 heterocycles. The van der Waals surface area contributed by atoms with Gasteiger partial charge in [-0.25, -0.2) is 0 Å². The number of hydrogen-bond donors (Lipinski definition) is 0. The van der Waals surface area contributed by atoms with Gasteiger partial charge in [0.15, 0.2) is 0 Å². The molecular weight excluding hydrogens is 1840 g/mol. The van der Waals surface area contributed by atoms with Crippen LogP contribution in [0.4, 0.5) is 0 Å². The lowest BCUT2D eigenvalue weighted by atomic mass is 9.73. The zero-order valence-electron chi connectivity index (χ0n) is 100. The van der Waals surface area contributed by atoms with Crippen LogP contribution in [0.2, 0.25) is 0 Å². The number of fused-ring (bicyclic) bond motifs is 16.